The lowest BCUT2D eigenvalue weighted by molar-refractivity contribution is 0.0951. The highest BCUT2D eigenvalue weighted by Gasteiger charge is 2.21. The first kappa shape index (κ1) is 24.7. The number of nitrogens with one attached hydrogen (secondary N) is 1. The summed E-state index contributed by atoms with van der Waals surface area (Å²) in [5.74, 6) is 0.568. The smallest absolute Gasteiger partial charge is 0.267 e. The average molecular weight is 497 g/mol. The molecule has 190 valence electrons. The van der Waals surface area contributed by atoms with Gasteiger partial charge in [-0.25, -0.2) is 9.55 Å². The minimum absolute atomic E-state index is 0.153. The quantitative estimate of drug-likeness (QED) is 0.429. The molecule has 1 aliphatic rings. The van der Waals surface area contributed by atoms with Crippen molar-refractivity contribution in [3.05, 3.63) is 99.3 Å². The lowest BCUT2D eigenvalue weighted by Crippen LogP contribution is -2.40. The van der Waals surface area contributed by atoms with E-state index >= 15 is 0 Å². The summed E-state index contributed by atoms with van der Waals surface area (Å²) in [5, 5.41) is 3.50. The maximum Gasteiger partial charge on any atom is 0.267 e. The number of morpholine rings is 1. The number of anilines is 1. The molecule has 0 radical (unpaired) electrons. The highest BCUT2D eigenvalue weighted by molar-refractivity contribution is 5.97. The van der Waals surface area contributed by atoms with Crippen molar-refractivity contribution in [1.29, 1.82) is 0 Å². The van der Waals surface area contributed by atoms with E-state index in [-0.39, 0.29) is 17.4 Å². The van der Waals surface area contributed by atoms with Crippen LogP contribution in [0.2, 0.25) is 0 Å². The van der Waals surface area contributed by atoms with Gasteiger partial charge in [0.2, 0.25) is 5.95 Å². The average Bonchev–Trinajstić information content (AvgIpc) is 2.93. The highest BCUT2D eigenvalue weighted by atomic mass is 16.5. The largest absolute Gasteiger partial charge is 0.378 e. The van der Waals surface area contributed by atoms with Crippen LogP contribution >= 0.6 is 0 Å². The summed E-state index contributed by atoms with van der Waals surface area (Å²) in [5.41, 5.74) is 5.06. The molecule has 3 aromatic carbocycles. The second-order valence-electron chi connectivity index (χ2n) is 9.67. The highest BCUT2D eigenvalue weighted by Crippen LogP contribution is 2.23. The Balaban J connectivity index is 1.51. The lowest BCUT2D eigenvalue weighted by atomic mass is 10.0. The zero-order valence-corrected chi connectivity index (χ0v) is 21.5. The molecule has 7 heteroatoms. The van der Waals surface area contributed by atoms with Crippen molar-refractivity contribution in [1.82, 2.24) is 14.9 Å². The van der Waals surface area contributed by atoms with Crippen LogP contribution in [-0.4, -0.2) is 48.3 Å². The van der Waals surface area contributed by atoms with Gasteiger partial charge < -0.3 is 15.0 Å². The first-order valence-corrected chi connectivity index (χ1v) is 12.7. The third-order valence-electron chi connectivity index (χ3n) is 7.09. The number of fused-ring (bicyclic) bond motifs is 1. The molecule has 1 amide bonds. The van der Waals surface area contributed by atoms with Crippen molar-refractivity contribution in [3.63, 3.8) is 0 Å². The molecule has 0 bridgehead atoms. The molecule has 0 unspecified atom stereocenters. The van der Waals surface area contributed by atoms with Gasteiger partial charge in [0.1, 0.15) is 0 Å². The summed E-state index contributed by atoms with van der Waals surface area (Å²) in [6, 6.07) is 21.2. The molecule has 37 heavy (non-hydrogen) atoms. The molecule has 0 spiro atoms. The van der Waals surface area contributed by atoms with Gasteiger partial charge in [0.25, 0.3) is 11.5 Å². The second-order valence-corrected chi connectivity index (χ2v) is 9.67. The molecule has 1 fully saturated rings. The van der Waals surface area contributed by atoms with Crippen LogP contribution in [0.5, 0.6) is 0 Å². The first-order valence-electron chi connectivity index (χ1n) is 12.7. The Hall–Kier alpha value is -3.97. The molecule has 1 aliphatic heterocycles. The van der Waals surface area contributed by atoms with Crippen LogP contribution in [0.3, 0.4) is 0 Å². The number of aromatic nitrogens is 2. The van der Waals surface area contributed by atoms with Gasteiger partial charge in [-0.1, -0.05) is 43.3 Å². The monoisotopic (exact) mass is 496 g/mol. The van der Waals surface area contributed by atoms with Crippen LogP contribution in [0.15, 0.2) is 71.5 Å². The summed E-state index contributed by atoms with van der Waals surface area (Å²) < 4.78 is 7.22. The summed E-state index contributed by atoms with van der Waals surface area (Å²) in [6.07, 6.45) is 0. The zero-order valence-electron chi connectivity index (χ0n) is 21.5. The summed E-state index contributed by atoms with van der Waals surface area (Å²) >= 11 is 0. The molecule has 1 atom stereocenters. The van der Waals surface area contributed by atoms with Gasteiger partial charge in [0.05, 0.1) is 29.8 Å². The lowest BCUT2D eigenvalue weighted by Gasteiger charge is -2.30. The van der Waals surface area contributed by atoms with E-state index in [9.17, 15) is 9.59 Å². The van der Waals surface area contributed by atoms with E-state index in [4.69, 9.17) is 9.72 Å². The second kappa shape index (κ2) is 10.6. The molecule has 0 aliphatic carbocycles. The van der Waals surface area contributed by atoms with Crippen LogP contribution in [-0.2, 0) is 4.74 Å². The first-order chi connectivity index (χ1) is 17.9. The fourth-order valence-corrected chi connectivity index (χ4v) is 4.64. The number of benzene rings is 3. The third kappa shape index (κ3) is 5.13. The Labute approximate surface area is 216 Å². The number of amides is 1. The van der Waals surface area contributed by atoms with Crippen molar-refractivity contribution in [2.45, 2.75) is 26.7 Å². The van der Waals surface area contributed by atoms with Gasteiger partial charge >= 0.3 is 0 Å². The van der Waals surface area contributed by atoms with Gasteiger partial charge in [-0.05, 0) is 66.8 Å². The molecular weight excluding hydrogens is 464 g/mol. The maximum atomic E-state index is 13.8. The van der Waals surface area contributed by atoms with Crippen LogP contribution in [0.1, 0.15) is 39.9 Å². The van der Waals surface area contributed by atoms with E-state index in [1.54, 1.807) is 22.8 Å². The van der Waals surface area contributed by atoms with E-state index in [1.807, 2.05) is 43.3 Å². The summed E-state index contributed by atoms with van der Waals surface area (Å²) in [7, 11) is 0. The van der Waals surface area contributed by atoms with Crippen LogP contribution in [0.25, 0.3) is 16.6 Å². The van der Waals surface area contributed by atoms with Crippen molar-refractivity contribution in [3.8, 4) is 5.69 Å². The maximum absolute atomic E-state index is 13.8. The number of carbonyl (C=O) groups excluding carboxylic acids is 1. The SMILES string of the molecule is Cc1ccc(-n2c(N3CCOCC3)nc3cc(C(=O)NC[C@@H](C)c4ccccc4)ccc3c2=O)cc1C. The van der Waals surface area contributed by atoms with Crippen LogP contribution in [0, 0.1) is 13.8 Å². The predicted octanol–water partition coefficient (Wildman–Crippen LogP) is 4.37. The number of ether oxygens (including phenoxy) is 1. The van der Waals surface area contributed by atoms with Gasteiger partial charge in [-0.3, -0.25) is 9.59 Å². The Kier molecular flexibility index (Phi) is 7.06. The normalized spacial score (nSPS) is 14.5. The Morgan fingerprint density at radius 2 is 1.76 bits per heavy atom. The van der Waals surface area contributed by atoms with Crippen molar-refractivity contribution in [2.75, 3.05) is 37.7 Å². The van der Waals surface area contributed by atoms with Crippen molar-refractivity contribution < 1.29 is 9.53 Å². The fourth-order valence-electron chi connectivity index (χ4n) is 4.64. The summed E-state index contributed by atoms with van der Waals surface area (Å²) in [6.45, 7) is 9.11. The zero-order chi connectivity index (χ0) is 25.9. The molecule has 4 aromatic rings. The van der Waals surface area contributed by atoms with Gasteiger partial charge in [-0.2, -0.15) is 0 Å². The minimum atomic E-state index is -0.183. The van der Waals surface area contributed by atoms with Gasteiger partial charge in [0.15, 0.2) is 0 Å². The van der Waals surface area contributed by atoms with E-state index in [1.165, 1.54) is 5.56 Å². The van der Waals surface area contributed by atoms with E-state index in [0.29, 0.717) is 55.3 Å². The molecule has 1 saturated heterocycles. The molecule has 1 aromatic heterocycles. The molecule has 0 saturated carbocycles. The van der Waals surface area contributed by atoms with E-state index in [0.717, 1.165) is 16.8 Å². The number of hydrogen-bond acceptors (Lipinski definition) is 5. The van der Waals surface area contributed by atoms with Crippen molar-refractivity contribution >= 4 is 22.8 Å². The molecule has 5 rings (SSSR count). The molecular formula is C30H32N4O3. The van der Waals surface area contributed by atoms with E-state index in [2.05, 4.69) is 36.2 Å². The van der Waals surface area contributed by atoms with Gasteiger partial charge in [-0.15, -0.1) is 0 Å². The van der Waals surface area contributed by atoms with Crippen LogP contribution in [0.4, 0.5) is 5.95 Å². The minimum Gasteiger partial charge on any atom is -0.378 e. The number of nitrogens with zero attached hydrogens (tertiary/aromatic N) is 3. The molecule has 1 N–H and O–H groups in total. The number of rotatable bonds is 6. The van der Waals surface area contributed by atoms with Crippen LogP contribution < -0.4 is 15.8 Å². The molecule has 7 nitrogen and oxygen atoms in total. The Morgan fingerprint density at radius 1 is 1.00 bits per heavy atom. The molecule has 2 heterocycles. The topological polar surface area (TPSA) is 76.5 Å². The van der Waals surface area contributed by atoms with E-state index < -0.39 is 0 Å². The third-order valence-corrected chi connectivity index (χ3v) is 7.09. The Morgan fingerprint density at radius 3 is 2.49 bits per heavy atom. The number of carbonyl (C=O) groups is 1. The van der Waals surface area contributed by atoms with Gasteiger partial charge in [0, 0.05) is 25.2 Å². The number of aryl methyl sites for hydroxylation is 2. The fraction of sp³-hybridized carbons (Fsp3) is 0.300. The number of hydrogen-bond donors (Lipinski definition) is 1. The Bertz CT molecular complexity index is 1490. The predicted molar refractivity (Wildman–Crippen MR) is 147 cm³/mol. The summed E-state index contributed by atoms with van der Waals surface area (Å²) in [4.78, 5) is 33.8. The standard InChI is InChI=1S/C30H32N4O3/c1-20-9-11-25(17-21(20)2)34-29(36)26-12-10-24(18-27(26)32-30(34)33-13-15-37-16-14-33)28(35)31-19-22(3)23-7-5-4-6-8-23/h4-12,17-18,22H,13-16,19H2,1-3H3,(H,31,35)/t22-/m1/s1. The van der Waals surface area contributed by atoms with Crippen molar-refractivity contribution in [2.24, 2.45) is 0 Å².